The van der Waals surface area contributed by atoms with Crippen molar-refractivity contribution in [1.29, 1.82) is 0 Å². The van der Waals surface area contributed by atoms with Crippen LogP contribution in [0.5, 0.6) is 0 Å². The van der Waals surface area contributed by atoms with Crippen LogP contribution in [-0.4, -0.2) is 26.5 Å². The Labute approximate surface area is 101 Å². The molecule has 0 fully saturated rings. The number of hydrogen-bond donors (Lipinski definition) is 1. The highest BCUT2D eigenvalue weighted by atomic mass is 32.2. The summed E-state index contributed by atoms with van der Waals surface area (Å²) in [5.41, 5.74) is 1.05. The van der Waals surface area contributed by atoms with Gasteiger partial charge in [0.15, 0.2) is 9.84 Å². The third kappa shape index (κ3) is 2.35. The number of thioether (sulfide) groups is 1. The Balaban J connectivity index is 2.35. The van der Waals surface area contributed by atoms with E-state index in [1.54, 1.807) is 23.9 Å². The average molecular weight is 257 g/mol. The van der Waals surface area contributed by atoms with Crippen LogP contribution in [0.2, 0.25) is 0 Å². The predicted octanol–water partition coefficient (Wildman–Crippen LogP) is 2.39. The van der Waals surface area contributed by atoms with Crippen LogP contribution in [0.1, 0.15) is 13.3 Å². The van der Waals surface area contributed by atoms with E-state index in [1.165, 1.54) is 6.26 Å². The Morgan fingerprint density at radius 3 is 2.88 bits per heavy atom. The lowest BCUT2D eigenvalue weighted by atomic mass is 10.2. The van der Waals surface area contributed by atoms with E-state index < -0.39 is 9.84 Å². The average Bonchev–Trinajstić information content (AvgIpc) is 2.26. The molecule has 0 spiro atoms. The van der Waals surface area contributed by atoms with Crippen molar-refractivity contribution >= 4 is 27.3 Å². The van der Waals surface area contributed by atoms with E-state index in [2.05, 4.69) is 12.2 Å². The van der Waals surface area contributed by atoms with Crippen LogP contribution < -0.4 is 5.32 Å². The fourth-order valence-corrected chi connectivity index (χ4v) is 3.56. The molecule has 1 aromatic carbocycles. The van der Waals surface area contributed by atoms with Gasteiger partial charge in [-0.15, -0.1) is 11.8 Å². The topological polar surface area (TPSA) is 46.2 Å². The lowest BCUT2D eigenvalue weighted by Gasteiger charge is -2.25. The van der Waals surface area contributed by atoms with Gasteiger partial charge < -0.3 is 5.32 Å². The van der Waals surface area contributed by atoms with Gasteiger partial charge in [-0.2, -0.15) is 0 Å². The number of sulfone groups is 1. The largest absolute Gasteiger partial charge is 0.381 e. The normalized spacial score (nSPS) is 20.0. The molecule has 2 rings (SSSR count). The minimum absolute atomic E-state index is 0.399. The fraction of sp³-hybridized carbons (Fsp3) is 0.455. The van der Waals surface area contributed by atoms with Gasteiger partial charge in [-0.05, 0) is 24.6 Å². The van der Waals surface area contributed by atoms with Crippen molar-refractivity contribution in [2.24, 2.45) is 0 Å². The van der Waals surface area contributed by atoms with Crippen molar-refractivity contribution in [2.75, 3.05) is 17.3 Å². The summed E-state index contributed by atoms with van der Waals surface area (Å²) >= 11 is 1.72. The van der Waals surface area contributed by atoms with Crippen LogP contribution in [-0.2, 0) is 9.84 Å². The minimum atomic E-state index is -3.10. The van der Waals surface area contributed by atoms with Gasteiger partial charge in [0.2, 0.25) is 0 Å². The van der Waals surface area contributed by atoms with E-state index >= 15 is 0 Å². The fourth-order valence-electron chi connectivity index (χ4n) is 1.64. The third-order valence-electron chi connectivity index (χ3n) is 2.67. The summed E-state index contributed by atoms with van der Waals surface area (Å²) < 4.78 is 22.8. The highest BCUT2D eigenvalue weighted by Gasteiger charge is 2.18. The second kappa shape index (κ2) is 4.30. The molecule has 0 aliphatic carbocycles. The zero-order valence-electron chi connectivity index (χ0n) is 9.36. The van der Waals surface area contributed by atoms with Crippen LogP contribution >= 0.6 is 11.8 Å². The highest BCUT2D eigenvalue weighted by Crippen LogP contribution is 2.35. The molecule has 0 aromatic heterocycles. The summed E-state index contributed by atoms with van der Waals surface area (Å²) in [6.07, 6.45) is 2.32. The van der Waals surface area contributed by atoms with Gasteiger partial charge in [-0.3, -0.25) is 0 Å². The minimum Gasteiger partial charge on any atom is -0.381 e. The maximum Gasteiger partial charge on any atom is 0.175 e. The molecule has 1 heterocycles. The standard InChI is InChI=1S/C11H15NO2S2/c1-3-8-7-15-11-6-9(16(2,13)14)4-5-10(11)12-8/h4-6,8,12H,3,7H2,1-2H3. The molecule has 16 heavy (non-hydrogen) atoms. The van der Waals surface area contributed by atoms with Crippen molar-refractivity contribution in [3.05, 3.63) is 18.2 Å². The van der Waals surface area contributed by atoms with Gasteiger partial charge in [0.1, 0.15) is 0 Å². The van der Waals surface area contributed by atoms with E-state index in [4.69, 9.17) is 0 Å². The maximum atomic E-state index is 11.4. The summed E-state index contributed by atoms with van der Waals surface area (Å²) in [7, 11) is -3.10. The van der Waals surface area contributed by atoms with Crippen LogP contribution in [0.25, 0.3) is 0 Å². The van der Waals surface area contributed by atoms with Crippen molar-refractivity contribution < 1.29 is 8.42 Å². The smallest absolute Gasteiger partial charge is 0.175 e. The van der Waals surface area contributed by atoms with E-state index in [0.29, 0.717) is 10.9 Å². The molecule has 0 saturated heterocycles. The van der Waals surface area contributed by atoms with E-state index in [1.807, 2.05) is 6.07 Å². The lowest BCUT2D eigenvalue weighted by molar-refractivity contribution is 0.601. The van der Waals surface area contributed by atoms with Crippen molar-refractivity contribution in [3.63, 3.8) is 0 Å². The molecule has 1 N–H and O–H groups in total. The van der Waals surface area contributed by atoms with Crippen molar-refractivity contribution in [3.8, 4) is 0 Å². The first-order valence-corrected chi connectivity index (χ1v) is 8.12. The molecule has 1 atom stereocenters. The number of fused-ring (bicyclic) bond motifs is 1. The third-order valence-corrected chi connectivity index (χ3v) is 5.00. The number of rotatable bonds is 2. The lowest BCUT2D eigenvalue weighted by Crippen LogP contribution is -2.24. The Kier molecular flexibility index (Phi) is 3.17. The molecule has 1 unspecified atom stereocenters. The summed E-state index contributed by atoms with van der Waals surface area (Å²) in [5.74, 6) is 0.997. The Morgan fingerprint density at radius 1 is 1.50 bits per heavy atom. The molecule has 0 bridgehead atoms. The molecule has 1 aromatic rings. The number of anilines is 1. The molecular formula is C11H15NO2S2. The van der Waals surface area contributed by atoms with Gasteiger partial charge in [0.05, 0.1) is 4.90 Å². The molecule has 88 valence electrons. The molecule has 0 amide bonds. The van der Waals surface area contributed by atoms with Crippen molar-refractivity contribution in [2.45, 2.75) is 29.2 Å². The van der Waals surface area contributed by atoms with Crippen LogP contribution in [0, 0.1) is 0 Å². The molecule has 5 heteroatoms. The highest BCUT2D eigenvalue weighted by molar-refractivity contribution is 7.99. The molecule has 1 aliphatic rings. The molecule has 1 aliphatic heterocycles. The first-order chi connectivity index (χ1) is 7.50. The van der Waals surface area contributed by atoms with Crippen LogP contribution in [0.15, 0.2) is 28.0 Å². The quantitative estimate of drug-likeness (QED) is 0.883. The molecule has 0 radical (unpaired) electrons. The SMILES string of the molecule is CCC1CSc2cc(S(C)(=O)=O)ccc2N1. The predicted molar refractivity (Wildman–Crippen MR) is 68.0 cm³/mol. The zero-order chi connectivity index (χ0) is 11.8. The van der Waals surface area contributed by atoms with Crippen LogP contribution in [0.3, 0.4) is 0 Å². The van der Waals surface area contributed by atoms with E-state index in [-0.39, 0.29) is 0 Å². The first-order valence-electron chi connectivity index (χ1n) is 5.24. The van der Waals surface area contributed by atoms with Crippen LogP contribution in [0.4, 0.5) is 5.69 Å². The second-order valence-electron chi connectivity index (χ2n) is 3.99. The number of nitrogens with one attached hydrogen (secondary N) is 1. The summed E-state index contributed by atoms with van der Waals surface area (Å²) in [6.45, 7) is 2.15. The number of hydrogen-bond acceptors (Lipinski definition) is 4. The summed E-state index contributed by atoms with van der Waals surface area (Å²) in [6, 6.07) is 5.77. The van der Waals surface area contributed by atoms with Gasteiger partial charge >= 0.3 is 0 Å². The Morgan fingerprint density at radius 2 is 2.25 bits per heavy atom. The number of benzene rings is 1. The summed E-state index contributed by atoms with van der Waals surface area (Å²) in [5, 5.41) is 3.41. The summed E-state index contributed by atoms with van der Waals surface area (Å²) in [4.78, 5) is 1.43. The van der Waals surface area contributed by atoms with E-state index in [0.717, 1.165) is 22.8 Å². The Bertz CT molecular complexity index is 497. The van der Waals surface area contributed by atoms with Gasteiger partial charge in [-0.1, -0.05) is 6.92 Å². The molecule has 3 nitrogen and oxygen atoms in total. The van der Waals surface area contributed by atoms with Gasteiger partial charge in [0.25, 0.3) is 0 Å². The maximum absolute atomic E-state index is 11.4. The Hall–Kier alpha value is -0.680. The molecular weight excluding hydrogens is 242 g/mol. The van der Waals surface area contributed by atoms with Gasteiger partial charge in [-0.25, -0.2) is 8.42 Å². The van der Waals surface area contributed by atoms with Gasteiger partial charge in [0, 0.05) is 28.6 Å². The van der Waals surface area contributed by atoms with E-state index in [9.17, 15) is 8.42 Å². The van der Waals surface area contributed by atoms with Crippen molar-refractivity contribution in [1.82, 2.24) is 0 Å². The molecule has 0 saturated carbocycles. The zero-order valence-corrected chi connectivity index (χ0v) is 11.0. The second-order valence-corrected chi connectivity index (χ2v) is 7.07. The monoisotopic (exact) mass is 257 g/mol. The first kappa shape index (κ1) is 11.8.